The minimum absolute atomic E-state index is 0.158. The number of aryl methyl sites for hydroxylation is 1. The fraction of sp³-hybridized carbons (Fsp3) is 0.400. The molecule has 0 radical (unpaired) electrons. The molecule has 0 saturated carbocycles. The Morgan fingerprint density at radius 1 is 0.960 bits per heavy atom. The predicted octanol–water partition coefficient (Wildman–Crippen LogP) is 3.76. The highest BCUT2D eigenvalue weighted by Crippen LogP contribution is 2.13. The summed E-state index contributed by atoms with van der Waals surface area (Å²) in [6.45, 7) is 8.55. The number of unbranched alkanes of at least 4 members (excludes halogenated alkanes) is 2. The lowest BCUT2D eigenvalue weighted by molar-refractivity contribution is 0.309. The average Bonchev–Trinajstić information content (AvgIpc) is 2.52. The number of benzene rings is 1. The van der Waals surface area contributed by atoms with Gasteiger partial charge in [-0.15, -0.1) is 5.54 Å². The highest BCUT2D eigenvalue weighted by atomic mass is 32.2. The van der Waals surface area contributed by atoms with Crippen LogP contribution in [-0.2, 0) is 14.3 Å². The van der Waals surface area contributed by atoms with Gasteiger partial charge in [0.25, 0.3) is 10.1 Å². The van der Waals surface area contributed by atoms with Gasteiger partial charge in [-0.1, -0.05) is 43.3 Å². The Labute approximate surface area is 153 Å². The molecule has 132 valence electrons. The molecule has 1 aromatic rings. The van der Waals surface area contributed by atoms with Crippen molar-refractivity contribution in [3.8, 4) is 35.1 Å². The summed E-state index contributed by atoms with van der Waals surface area (Å²) >= 11 is 0. The summed E-state index contributed by atoms with van der Waals surface area (Å²) in [4.78, 5) is 0.188. The Hall–Kier alpha value is -1.97. The van der Waals surface area contributed by atoms with Crippen molar-refractivity contribution in [3.05, 3.63) is 29.8 Å². The third-order valence-electron chi connectivity index (χ3n) is 2.96. The third kappa shape index (κ3) is 9.80. The van der Waals surface area contributed by atoms with E-state index in [-0.39, 0.29) is 11.5 Å². The minimum Gasteiger partial charge on any atom is -0.266 e. The Kier molecular flexibility index (Phi) is 8.53. The third-order valence-corrected chi connectivity index (χ3v) is 5.16. The number of rotatable bonds is 6. The van der Waals surface area contributed by atoms with Crippen molar-refractivity contribution in [1.29, 1.82) is 0 Å². The van der Waals surface area contributed by atoms with Gasteiger partial charge in [-0.2, -0.15) is 8.42 Å². The summed E-state index contributed by atoms with van der Waals surface area (Å²) in [5.74, 6) is 14.0. The summed E-state index contributed by atoms with van der Waals surface area (Å²) in [6.07, 6.45) is 2.05. The maximum atomic E-state index is 12.0. The summed E-state index contributed by atoms with van der Waals surface area (Å²) in [5, 5.41) is 0. The largest absolute Gasteiger partial charge is 0.296 e. The molecule has 0 N–H and O–H groups in total. The first kappa shape index (κ1) is 21.1. The van der Waals surface area contributed by atoms with Crippen LogP contribution in [0.25, 0.3) is 0 Å². The highest BCUT2D eigenvalue weighted by Gasteiger charge is 2.14. The van der Waals surface area contributed by atoms with Crippen molar-refractivity contribution in [2.75, 3.05) is 6.61 Å². The molecule has 3 nitrogen and oxygen atoms in total. The van der Waals surface area contributed by atoms with E-state index in [1.807, 2.05) is 6.92 Å². The molecule has 0 spiro atoms. The molecule has 0 bridgehead atoms. The molecule has 0 heterocycles. The van der Waals surface area contributed by atoms with Gasteiger partial charge in [0.15, 0.2) is 0 Å². The summed E-state index contributed by atoms with van der Waals surface area (Å²) in [7, 11) is -5.03. The van der Waals surface area contributed by atoms with E-state index in [0.717, 1.165) is 12.0 Å². The van der Waals surface area contributed by atoms with E-state index < -0.39 is 18.2 Å². The second-order valence-electron chi connectivity index (χ2n) is 6.60. The smallest absolute Gasteiger partial charge is 0.266 e. The topological polar surface area (TPSA) is 43.4 Å². The van der Waals surface area contributed by atoms with Crippen molar-refractivity contribution >= 4 is 18.2 Å². The van der Waals surface area contributed by atoms with Crippen LogP contribution in [0.2, 0.25) is 19.6 Å². The normalized spacial score (nSPS) is 10.6. The summed E-state index contributed by atoms with van der Waals surface area (Å²) in [6, 6.07) is 6.61. The van der Waals surface area contributed by atoms with Crippen LogP contribution < -0.4 is 0 Å². The number of hydrogen-bond donors (Lipinski definition) is 0. The molecule has 0 unspecified atom stereocenters. The zero-order valence-corrected chi connectivity index (χ0v) is 17.1. The maximum Gasteiger partial charge on any atom is 0.296 e. The molecule has 0 amide bonds. The molecule has 0 aliphatic heterocycles. The molecule has 1 rings (SSSR count). The van der Waals surface area contributed by atoms with Crippen molar-refractivity contribution in [2.45, 2.75) is 50.7 Å². The molecule has 25 heavy (non-hydrogen) atoms. The molecular weight excluding hydrogens is 348 g/mol. The van der Waals surface area contributed by atoms with Crippen molar-refractivity contribution in [2.24, 2.45) is 0 Å². The van der Waals surface area contributed by atoms with Crippen LogP contribution in [0.1, 0.15) is 24.8 Å². The molecule has 0 atom stereocenters. The zero-order valence-electron chi connectivity index (χ0n) is 15.3. The molecule has 5 heteroatoms. The van der Waals surface area contributed by atoms with Crippen LogP contribution in [0.15, 0.2) is 29.2 Å². The van der Waals surface area contributed by atoms with Gasteiger partial charge >= 0.3 is 0 Å². The Bertz CT molecular complexity index is 844. The van der Waals surface area contributed by atoms with Crippen LogP contribution in [0.5, 0.6) is 0 Å². The monoisotopic (exact) mass is 372 g/mol. The second kappa shape index (κ2) is 10.1. The standard InChI is InChI=1S/C20H24O3SSi/c1-19-13-15-20(16-14-19)24(21,22)23-17-11-9-7-5-6-8-10-12-18-25(2,3)4/h13-16H,7,9,11,17H2,1-4H3. The van der Waals surface area contributed by atoms with Crippen molar-refractivity contribution in [1.82, 2.24) is 0 Å². The van der Waals surface area contributed by atoms with Gasteiger partial charge in [0.2, 0.25) is 0 Å². The van der Waals surface area contributed by atoms with E-state index in [9.17, 15) is 8.42 Å². The van der Waals surface area contributed by atoms with Crippen molar-refractivity contribution < 1.29 is 12.6 Å². The number of hydrogen-bond acceptors (Lipinski definition) is 3. The van der Waals surface area contributed by atoms with E-state index in [1.54, 1.807) is 24.3 Å². The Morgan fingerprint density at radius 2 is 1.60 bits per heavy atom. The summed E-state index contributed by atoms with van der Waals surface area (Å²) in [5.41, 5.74) is 4.15. The second-order valence-corrected chi connectivity index (χ2v) is 13.0. The zero-order chi connectivity index (χ0) is 18.8. The summed E-state index contributed by atoms with van der Waals surface area (Å²) < 4.78 is 29.0. The molecule has 0 aliphatic carbocycles. The molecule has 0 aliphatic rings. The minimum atomic E-state index is -3.67. The predicted molar refractivity (Wildman–Crippen MR) is 105 cm³/mol. The Balaban J connectivity index is 2.29. The Morgan fingerprint density at radius 3 is 2.24 bits per heavy atom. The molecule has 0 saturated heterocycles. The van der Waals surface area contributed by atoms with E-state index in [1.165, 1.54) is 0 Å². The van der Waals surface area contributed by atoms with E-state index in [2.05, 4.69) is 54.8 Å². The van der Waals surface area contributed by atoms with Gasteiger partial charge in [0, 0.05) is 6.42 Å². The fourth-order valence-electron chi connectivity index (χ4n) is 1.65. The van der Waals surface area contributed by atoms with Crippen LogP contribution in [-0.4, -0.2) is 23.1 Å². The SMILES string of the molecule is Cc1ccc(S(=O)(=O)OCCCCC#CC#CC#C[Si](C)(C)C)cc1. The lowest BCUT2D eigenvalue weighted by atomic mass is 10.2. The molecule has 0 aromatic heterocycles. The molecule has 0 fully saturated rings. The quantitative estimate of drug-likeness (QED) is 0.330. The first-order valence-corrected chi connectivity index (χ1v) is 13.1. The van der Waals surface area contributed by atoms with Crippen molar-refractivity contribution in [3.63, 3.8) is 0 Å². The van der Waals surface area contributed by atoms with Crippen LogP contribution in [0.4, 0.5) is 0 Å². The first-order valence-electron chi connectivity index (χ1n) is 8.17. The lowest BCUT2D eigenvalue weighted by Gasteiger charge is -2.05. The van der Waals surface area contributed by atoms with Gasteiger partial charge < -0.3 is 0 Å². The van der Waals surface area contributed by atoms with E-state index in [0.29, 0.717) is 12.8 Å². The molecule has 1 aromatic carbocycles. The average molecular weight is 373 g/mol. The van der Waals surface area contributed by atoms with E-state index >= 15 is 0 Å². The maximum absolute atomic E-state index is 12.0. The van der Waals surface area contributed by atoms with E-state index in [4.69, 9.17) is 4.18 Å². The van der Waals surface area contributed by atoms with Crippen LogP contribution in [0, 0.1) is 42.1 Å². The molecular formula is C20H24O3SSi. The van der Waals surface area contributed by atoms with Gasteiger partial charge in [0.1, 0.15) is 8.07 Å². The van der Waals surface area contributed by atoms with Gasteiger partial charge in [-0.05, 0) is 55.6 Å². The highest BCUT2D eigenvalue weighted by molar-refractivity contribution is 7.86. The van der Waals surface area contributed by atoms with Gasteiger partial charge in [-0.3, -0.25) is 4.18 Å². The fourth-order valence-corrected chi connectivity index (χ4v) is 3.03. The first-order chi connectivity index (χ1) is 11.7. The van der Waals surface area contributed by atoms with Crippen LogP contribution >= 0.6 is 0 Å². The van der Waals surface area contributed by atoms with Gasteiger partial charge in [0.05, 0.1) is 11.5 Å². The lowest BCUT2D eigenvalue weighted by Crippen LogP contribution is -2.16. The van der Waals surface area contributed by atoms with Gasteiger partial charge in [-0.25, -0.2) is 0 Å². The van der Waals surface area contributed by atoms with Crippen LogP contribution in [0.3, 0.4) is 0 Å².